The molecule has 0 saturated carbocycles. The molecule has 0 aliphatic carbocycles. The van der Waals surface area contributed by atoms with E-state index in [0.717, 1.165) is 23.6 Å². The quantitative estimate of drug-likeness (QED) is 0.824. The molecule has 1 aromatic rings. The molecule has 16 heavy (non-hydrogen) atoms. The van der Waals surface area contributed by atoms with E-state index in [9.17, 15) is 0 Å². The van der Waals surface area contributed by atoms with Crippen LogP contribution in [0.5, 0.6) is 0 Å². The van der Waals surface area contributed by atoms with Crippen molar-refractivity contribution in [2.24, 2.45) is 0 Å². The standard InChI is InChI=1S/C13H20ClNO/c1-4-11(9-16-3)15-10(2)12-7-5-6-8-13(12)14/h5-8,10-11,15H,4,9H2,1-3H3/t10-,11?/m1/s1. The first kappa shape index (κ1) is 13.5. The van der Waals surface area contributed by atoms with Crippen molar-refractivity contribution in [3.63, 3.8) is 0 Å². The van der Waals surface area contributed by atoms with E-state index in [1.165, 1.54) is 0 Å². The second-order valence-electron chi connectivity index (χ2n) is 3.97. The van der Waals surface area contributed by atoms with E-state index in [4.69, 9.17) is 16.3 Å². The number of hydrogen-bond acceptors (Lipinski definition) is 2. The molecule has 0 aliphatic rings. The molecule has 0 aromatic heterocycles. The average Bonchev–Trinajstić information content (AvgIpc) is 2.28. The first-order chi connectivity index (χ1) is 7.69. The number of rotatable bonds is 6. The Balaban J connectivity index is 2.64. The van der Waals surface area contributed by atoms with E-state index in [2.05, 4.69) is 25.2 Å². The van der Waals surface area contributed by atoms with Gasteiger partial charge in [-0.1, -0.05) is 36.7 Å². The lowest BCUT2D eigenvalue weighted by molar-refractivity contribution is 0.159. The predicted octanol–water partition coefficient (Wildman–Crippen LogP) is 3.42. The van der Waals surface area contributed by atoms with Crippen molar-refractivity contribution >= 4 is 11.6 Å². The summed E-state index contributed by atoms with van der Waals surface area (Å²) in [7, 11) is 1.73. The SMILES string of the molecule is CCC(COC)N[C@H](C)c1ccccc1Cl. The molecule has 3 heteroatoms. The van der Waals surface area contributed by atoms with Crippen LogP contribution in [0, 0.1) is 0 Å². The minimum Gasteiger partial charge on any atom is -0.383 e. The molecule has 0 aliphatic heterocycles. The summed E-state index contributed by atoms with van der Waals surface area (Å²) in [6.45, 7) is 5.00. The van der Waals surface area contributed by atoms with Crippen LogP contribution in [0.4, 0.5) is 0 Å². The molecular weight excluding hydrogens is 222 g/mol. The van der Waals surface area contributed by atoms with Gasteiger partial charge < -0.3 is 10.1 Å². The molecule has 0 radical (unpaired) electrons. The number of ether oxygens (including phenoxy) is 1. The van der Waals surface area contributed by atoms with Gasteiger partial charge in [-0.05, 0) is 25.0 Å². The highest BCUT2D eigenvalue weighted by molar-refractivity contribution is 6.31. The third-order valence-electron chi connectivity index (χ3n) is 2.72. The summed E-state index contributed by atoms with van der Waals surface area (Å²) in [5.41, 5.74) is 1.14. The van der Waals surface area contributed by atoms with Crippen molar-refractivity contribution in [1.29, 1.82) is 0 Å². The van der Waals surface area contributed by atoms with Crippen molar-refractivity contribution in [3.05, 3.63) is 34.9 Å². The first-order valence-electron chi connectivity index (χ1n) is 5.68. The Hall–Kier alpha value is -0.570. The largest absolute Gasteiger partial charge is 0.383 e. The molecule has 2 nitrogen and oxygen atoms in total. The molecular formula is C13H20ClNO. The highest BCUT2D eigenvalue weighted by atomic mass is 35.5. The summed E-state index contributed by atoms with van der Waals surface area (Å²) < 4.78 is 5.17. The second kappa shape index (κ2) is 6.89. The molecule has 1 aromatic carbocycles. The molecule has 0 fully saturated rings. The van der Waals surface area contributed by atoms with Crippen LogP contribution in [0.25, 0.3) is 0 Å². The van der Waals surface area contributed by atoms with E-state index in [1.54, 1.807) is 7.11 Å². The smallest absolute Gasteiger partial charge is 0.0615 e. The average molecular weight is 242 g/mol. The number of nitrogens with one attached hydrogen (secondary N) is 1. The van der Waals surface area contributed by atoms with Crippen LogP contribution in [0.15, 0.2) is 24.3 Å². The number of hydrogen-bond donors (Lipinski definition) is 1. The number of methoxy groups -OCH3 is 1. The molecule has 0 amide bonds. The van der Waals surface area contributed by atoms with Gasteiger partial charge in [-0.25, -0.2) is 0 Å². The minimum atomic E-state index is 0.244. The Kier molecular flexibility index (Phi) is 5.81. The lowest BCUT2D eigenvalue weighted by Crippen LogP contribution is -2.34. The van der Waals surface area contributed by atoms with Crippen molar-refractivity contribution in [2.45, 2.75) is 32.4 Å². The minimum absolute atomic E-state index is 0.244. The summed E-state index contributed by atoms with van der Waals surface area (Å²) in [4.78, 5) is 0. The fourth-order valence-corrected chi connectivity index (χ4v) is 2.05. The molecule has 1 N–H and O–H groups in total. The Morgan fingerprint density at radius 1 is 1.38 bits per heavy atom. The van der Waals surface area contributed by atoms with Gasteiger partial charge in [-0.15, -0.1) is 0 Å². The van der Waals surface area contributed by atoms with Gasteiger partial charge in [0, 0.05) is 24.2 Å². The third kappa shape index (κ3) is 3.78. The highest BCUT2D eigenvalue weighted by Crippen LogP contribution is 2.22. The maximum atomic E-state index is 6.15. The zero-order chi connectivity index (χ0) is 12.0. The predicted molar refractivity (Wildman–Crippen MR) is 69.0 cm³/mol. The zero-order valence-electron chi connectivity index (χ0n) is 10.2. The summed E-state index contributed by atoms with van der Waals surface area (Å²) in [5, 5.41) is 4.33. The fraction of sp³-hybridized carbons (Fsp3) is 0.538. The normalized spacial score (nSPS) is 14.8. The molecule has 0 spiro atoms. The molecule has 90 valence electrons. The molecule has 0 saturated heterocycles. The van der Waals surface area contributed by atoms with Crippen LogP contribution in [0.3, 0.4) is 0 Å². The van der Waals surface area contributed by atoms with Gasteiger partial charge in [0.2, 0.25) is 0 Å². The lowest BCUT2D eigenvalue weighted by atomic mass is 10.1. The third-order valence-corrected chi connectivity index (χ3v) is 3.06. The van der Waals surface area contributed by atoms with Crippen molar-refractivity contribution in [2.75, 3.05) is 13.7 Å². The van der Waals surface area contributed by atoms with Crippen LogP contribution in [0.2, 0.25) is 5.02 Å². The van der Waals surface area contributed by atoms with E-state index in [1.807, 2.05) is 18.2 Å². The number of benzene rings is 1. The van der Waals surface area contributed by atoms with Crippen molar-refractivity contribution in [3.8, 4) is 0 Å². The topological polar surface area (TPSA) is 21.3 Å². The van der Waals surface area contributed by atoms with Crippen molar-refractivity contribution in [1.82, 2.24) is 5.32 Å². The Morgan fingerprint density at radius 2 is 2.06 bits per heavy atom. The van der Waals surface area contributed by atoms with Crippen LogP contribution in [0.1, 0.15) is 31.9 Å². The van der Waals surface area contributed by atoms with E-state index in [-0.39, 0.29) is 6.04 Å². The molecule has 1 rings (SSSR count). The van der Waals surface area contributed by atoms with E-state index >= 15 is 0 Å². The maximum Gasteiger partial charge on any atom is 0.0615 e. The van der Waals surface area contributed by atoms with Crippen LogP contribution >= 0.6 is 11.6 Å². The van der Waals surface area contributed by atoms with Gasteiger partial charge in [0.1, 0.15) is 0 Å². The van der Waals surface area contributed by atoms with Gasteiger partial charge in [0.15, 0.2) is 0 Å². The Labute approximate surface area is 103 Å². The van der Waals surface area contributed by atoms with Gasteiger partial charge in [0.05, 0.1) is 6.61 Å². The van der Waals surface area contributed by atoms with Crippen molar-refractivity contribution < 1.29 is 4.74 Å². The van der Waals surface area contributed by atoms with Gasteiger partial charge >= 0.3 is 0 Å². The maximum absolute atomic E-state index is 6.15. The van der Waals surface area contributed by atoms with E-state index < -0.39 is 0 Å². The second-order valence-corrected chi connectivity index (χ2v) is 4.38. The molecule has 0 heterocycles. The van der Waals surface area contributed by atoms with Crippen LogP contribution in [-0.4, -0.2) is 19.8 Å². The summed E-state index contributed by atoms with van der Waals surface area (Å²) in [6, 6.07) is 8.55. The first-order valence-corrected chi connectivity index (χ1v) is 6.06. The van der Waals surface area contributed by atoms with Crippen LogP contribution < -0.4 is 5.32 Å². The van der Waals surface area contributed by atoms with E-state index in [0.29, 0.717) is 6.04 Å². The summed E-state index contributed by atoms with van der Waals surface area (Å²) in [5.74, 6) is 0. The lowest BCUT2D eigenvalue weighted by Gasteiger charge is -2.22. The fourth-order valence-electron chi connectivity index (χ4n) is 1.75. The summed E-state index contributed by atoms with van der Waals surface area (Å²) in [6.07, 6.45) is 1.04. The summed E-state index contributed by atoms with van der Waals surface area (Å²) >= 11 is 6.15. The van der Waals surface area contributed by atoms with Gasteiger partial charge in [0.25, 0.3) is 0 Å². The number of halogens is 1. The molecule has 1 unspecified atom stereocenters. The monoisotopic (exact) mass is 241 g/mol. The zero-order valence-corrected chi connectivity index (χ0v) is 10.9. The van der Waals surface area contributed by atoms with Gasteiger partial charge in [-0.2, -0.15) is 0 Å². The molecule has 0 bridgehead atoms. The Bertz CT molecular complexity index is 317. The Morgan fingerprint density at radius 3 is 2.62 bits per heavy atom. The van der Waals surface area contributed by atoms with Crippen LogP contribution in [-0.2, 0) is 4.74 Å². The van der Waals surface area contributed by atoms with Gasteiger partial charge in [-0.3, -0.25) is 0 Å². The molecule has 2 atom stereocenters. The highest BCUT2D eigenvalue weighted by Gasteiger charge is 2.13.